The Morgan fingerprint density at radius 3 is 2.68 bits per heavy atom. The van der Waals surface area contributed by atoms with Gasteiger partial charge in [0.1, 0.15) is 5.84 Å². The van der Waals surface area contributed by atoms with Crippen LogP contribution in [-0.4, -0.2) is 17.3 Å². The van der Waals surface area contributed by atoms with E-state index < -0.39 is 6.35 Å². The SMILES string of the molecule is NC1=NC(O)Nc2cccc(Sc3ccccc3)c21. The van der Waals surface area contributed by atoms with Gasteiger partial charge in [-0.2, -0.15) is 0 Å². The maximum atomic E-state index is 9.52. The van der Waals surface area contributed by atoms with Crippen molar-refractivity contribution in [1.82, 2.24) is 0 Å². The van der Waals surface area contributed by atoms with Crippen molar-refractivity contribution in [3.8, 4) is 0 Å². The summed E-state index contributed by atoms with van der Waals surface area (Å²) < 4.78 is 0. The molecule has 0 bridgehead atoms. The number of aliphatic hydroxyl groups is 1. The minimum atomic E-state index is -0.968. The van der Waals surface area contributed by atoms with Gasteiger partial charge < -0.3 is 16.2 Å². The molecule has 3 rings (SSSR count). The molecule has 0 saturated carbocycles. The number of aliphatic imine (C=N–C) groups is 1. The summed E-state index contributed by atoms with van der Waals surface area (Å²) in [6.45, 7) is 0. The van der Waals surface area contributed by atoms with Crippen LogP contribution in [0.5, 0.6) is 0 Å². The van der Waals surface area contributed by atoms with E-state index in [1.165, 1.54) is 0 Å². The van der Waals surface area contributed by atoms with Crippen molar-refractivity contribution in [3.63, 3.8) is 0 Å². The van der Waals surface area contributed by atoms with Gasteiger partial charge in [0, 0.05) is 15.5 Å². The van der Waals surface area contributed by atoms with Gasteiger partial charge in [-0.3, -0.25) is 0 Å². The second kappa shape index (κ2) is 4.95. The summed E-state index contributed by atoms with van der Waals surface area (Å²) >= 11 is 1.62. The van der Waals surface area contributed by atoms with Gasteiger partial charge >= 0.3 is 0 Å². The molecule has 1 aliphatic rings. The molecule has 5 heteroatoms. The monoisotopic (exact) mass is 271 g/mol. The van der Waals surface area contributed by atoms with Gasteiger partial charge in [-0.25, -0.2) is 4.99 Å². The quantitative estimate of drug-likeness (QED) is 0.783. The van der Waals surface area contributed by atoms with Crippen molar-refractivity contribution in [2.75, 3.05) is 5.32 Å². The van der Waals surface area contributed by atoms with E-state index in [-0.39, 0.29) is 0 Å². The molecule has 1 unspecified atom stereocenters. The highest BCUT2D eigenvalue weighted by atomic mass is 32.2. The highest BCUT2D eigenvalue weighted by molar-refractivity contribution is 7.99. The van der Waals surface area contributed by atoms with Crippen molar-refractivity contribution < 1.29 is 5.11 Å². The summed E-state index contributed by atoms with van der Waals surface area (Å²) in [4.78, 5) is 6.10. The van der Waals surface area contributed by atoms with Crippen LogP contribution in [0, 0.1) is 0 Å². The number of hydrogen-bond acceptors (Lipinski definition) is 5. The zero-order chi connectivity index (χ0) is 13.2. The molecule has 4 nitrogen and oxygen atoms in total. The topological polar surface area (TPSA) is 70.6 Å². The van der Waals surface area contributed by atoms with Crippen LogP contribution in [0.25, 0.3) is 0 Å². The fraction of sp³-hybridized carbons (Fsp3) is 0.0714. The third-order valence-electron chi connectivity index (χ3n) is 2.80. The lowest BCUT2D eigenvalue weighted by molar-refractivity contribution is 0.213. The second-order valence-electron chi connectivity index (χ2n) is 4.13. The number of fused-ring (bicyclic) bond motifs is 1. The minimum Gasteiger partial charge on any atom is -0.383 e. The van der Waals surface area contributed by atoms with E-state index in [1.807, 2.05) is 48.5 Å². The van der Waals surface area contributed by atoms with Crippen molar-refractivity contribution in [3.05, 3.63) is 54.1 Å². The first-order chi connectivity index (χ1) is 9.24. The third kappa shape index (κ3) is 2.43. The molecule has 2 aromatic rings. The number of rotatable bonds is 2. The largest absolute Gasteiger partial charge is 0.383 e. The van der Waals surface area contributed by atoms with Gasteiger partial charge in [0.05, 0.1) is 5.56 Å². The average Bonchev–Trinajstić information content (AvgIpc) is 2.39. The van der Waals surface area contributed by atoms with Crippen LogP contribution in [0.15, 0.2) is 63.3 Å². The lowest BCUT2D eigenvalue weighted by Crippen LogP contribution is -2.30. The van der Waals surface area contributed by atoms with Crippen LogP contribution in [0.1, 0.15) is 5.56 Å². The number of nitrogens with two attached hydrogens (primary N) is 1. The summed E-state index contributed by atoms with van der Waals surface area (Å²) in [6.07, 6.45) is -0.968. The standard InChI is InChI=1S/C14H13N3OS/c15-13-12-10(16-14(18)17-13)7-4-8-11(12)19-9-5-2-1-3-6-9/h1-8,14,16,18H,(H2,15,17). The number of anilines is 1. The number of amidine groups is 1. The van der Waals surface area contributed by atoms with Gasteiger partial charge in [0.25, 0.3) is 0 Å². The molecular formula is C14H13N3OS. The zero-order valence-electron chi connectivity index (χ0n) is 10.1. The molecule has 0 radical (unpaired) electrons. The fourth-order valence-electron chi connectivity index (χ4n) is 1.98. The third-order valence-corrected chi connectivity index (χ3v) is 3.87. The molecule has 4 N–H and O–H groups in total. The number of nitrogens with one attached hydrogen (secondary N) is 1. The van der Waals surface area contributed by atoms with Crippen LogP contribution >= 0.6 is 11.8 Å². The Balaban J connectivity index is 2.01. The lowest BCUT2D eigenvalue weighted by atomic mass is 10.1. The van der Waals surface area contributed by atoms with Crippen LogP contribution < -0.4 is 11.1 Å². The Morgan fingerprint density at radius 2 is 1.89 bits per heavy atom. The normalized spacial score (nSPS) is 17.3. The van der Waals surface area contributed by atoms with Gasteiger partial charge in [-0.05, 0) is 24.3 Å². The molecule has 1 heterocycles. The molecule has 1 atom stereocenters. The maximum absolute atomic E-state index is 9.52. The maximum Gasteiger partial charge on any atom is 0.225 e. The molecule has 0 spiro atoms. The summed E-state index contributed by atoms with van der Waals surface area (Å²) in [7, 11) is 0. The molecule has 0 saturated heterocycles. The van der Waals surface area contributed by atoms with Crippen molar-refractivity contribution in [2.45, 2.75) is 16.1 Å². The Labute approximate surface area is 115 Å². The summed E-state index contributed by atoms with van der Waals surface area (Å²) in [5.74, 6) is 0.361. The van der Waals surface area contributed by atoms with Crippen LogP contribution in [0.4, 0.5) is 5.69 Å². The summed E-state index contributed by atoms with van der Waals surface area (Å²) in [5.41, 5.74) is 7.58. The van der Waals surface area contributed by atoms with E-state index in [9.17, 15) is 5.11 Å². The van der Waals surface area contributed by atoms with Crippen LogP contribution in [-0.2, 0) is 0 Å². The predicted octanol–water partition coefficient (Wildman–Crippen LogP) is 2.24. The van der Waals surface area contributed by atoms with Gasteiger partial charge in [0.2, 0.25) is 6.35 Å². The summed E-state index contributed by atoms with van der Waals surface area (Å²) in [5, 5.41) is 12.4. The van der Waals surface area contributed by atoms with Gasteiger partial charge in [-0.15, -0.1) is 0 Å². The lowest BCUT2D eigenvalue weighted by Gasteiger charge is -2.22. The molecule has 0 amide bonds. The van der Waals surface area contributed by atoms with E-state index in [4.69, 9.17) is 5.73 Å². The number of nitrogens with zero attached hydrogens (tertiary/aromatic N) is 1. The molecular weight excluding hydrogens is 258 g/mol. The van der Waals surface area contributed by atoms with E-state index in [0.29, 0.717) is 5.84 Å². The smallest absolute Gasteiger partial charge is 0.225 e. The van der Waals surface area contributed by atoms with E-state index in [1.54, 1.807) is 11.8 Å². The van der Waals surface area contributed by atoms with E-state index in [2.05, 4.69) is 10.3 Å². The molecule has 1 aliphatic heterocycles. The number of hydrogen-bond donors (Lipinski definition) is 3. The fourth-order valence-corrected chi connectivity index (χ4v) is 2.99. The average molecular weight is 271 g/mol. The Morgan fingerprint density at radius 1 is 1.11 bits per heavy atom. The number of aliphatic hydroxyl groups excluding tert-OH is 1. The first kappa shape index (κ1) is 12.1. The number of benzene rings is 2. The zero-order valence-corrected chi connectivity index (χ0v) is 10.9. The highest BCUT2D eigenvalue weighted by Gasteiger charge is 2.19. The molecule has 96 valence electrons. The van der Waals surface area contributed by atoms with Gasteiger partial charge in [-0.1, -0.05) is 36.0 Å². The van der Waals surface area contributed by atoms with E-state index >= 15 is 0 Å². The molecule has 0 aliphatic carbocycles. The minimum absolute atomic E-state index is 0.361. The molecule has 19 heavy (non-hydrogen) atoms. The summed E-state index contributed by atoms with van der Waals surface area (Å²) in [6, 6.07) is 15.9. The first-order valence-corrected chi connectivity index (χ1v) is 6.70. The second-order valence-corrected chi connectivity index (χ2v) is 5.24. The Bertz CT molecular complexity index is 628. The Kier molecular flexibility index (Phi) is 3.15. The van der Waals surface area contributed by atoms with Crippen LogP contribution in [0.3, 0.4) is 0 Å². The predicted molar refractivity (Wildman–Crippen MR) is 77.4 cm³/mol. The molecule has 2 aromatic carbocycles. The van der Waals surface area contributed by atoms with Crippen molar-refractivity contribution >= 4 is 23.3 Å². The first-order valence-electron chi connectivity index (χ1n) is 5.88. The van der Waals surface area contributed by atoms with E-state index in [0.717, 1.165) is 21.0 Å². The molecule has 0 aromatic heterocycles. The van der Waals surface area contributed by atoms with Crippen molar-refractivity contribution in [1.29, 1.82) is 0 Å². The van der Waals surface area contributed by atoms with Gasteiger partial charge in [0.15, 0.2) is 0 Å². The molecule has 0 fully saturated rings. The van der Waals surface area contributed by atoms with Crippen LogP contribution in [0.2, 0.25) is 0 Å². The van der Waals surface area contributed by atoms with Crippen molar-refractivity contribution in [2.24, 2.45) is 10.7 Å². The Hall–Kier alpha value is -1.98. The highest BCUT2D eigenvalue weighted by Crippen LogP contribution is 2.35.